The number of ether oxygens (including phenoxy) is 1. The van der Waals surface area contributed by atoms with Crippen molar-refractivity contribution < 1.29 is 14.3 Å². The average molecular weight is 444 g/mol. The van der Waals surface area contributed by atoms with Gasteiger partial charge in [0.2, 0.25) is 5.88 Å². The second kappa shape index (κ2) is 9.82. The number of hydrogen-bond donors (Lipinski definition) is 3. The lowest BCUT2D eigenvalue weighted by Crippen LogP contribution is -2.33. The lowest BCUT2D eigenvalue weighted by molar-refractivity contribution is 0.0948. The van der Waals surface area contributed by atoms with E-state index in [9.17, 15) is 9.59 Å². The topological polar surface area (TPSA) is 122 Å². The van der Waals surface area contributed by atoms with Crippen LogP contribution >= 0.6 is 0 Å². The summed E-state index contributed by atoms with van der Waals surface area (Å²) < 4.78 is 5.60. The van der Waals surface area contributed by atoms with Crippen LogP contribution in [0.15, 0.2) is 67.5 Å². The van der Waals surface area contributed by atoms with Gasteiger partial charge >= 0.3 is 0 Å². The third kappa shape index (κ3) is 4.77. The monoisotopic (exact) mass is 444 g/mol. The molecule has 0 spiro atoms. The van der Waals surface area contributed by atoms with Gasteiger partial charge in [0.05, 0.1) is 12.1 Å². The van der Waals surface area contributed by atoms with Gasteiger partial charge in [-0.15, -0.1) is 6.58 Å². The van der Waals surface area contributed by atoms with Crippen molar-refractivity contribution in [3.8, 4) is 5.88 Å². The van der Waals surface area contributed by atoms with Crippen LogP contribution in [0.4, 0.5) is 17.2 Å². The fraction of sp³-hybridized carbons (Fsp3) is 0.167. The van der Waals surface area contributed by atoms with E-state index in [1.54, 1.807) is 24.3 Å². The van der Waals surface area contributed by atoms with Gasteiger partial charge in [0.25, 0.3) is 11.8 Å². The molecule has 4 N–H and O–H groups in total. The van der Waals surface area contributed by atoms with Crippen LogP contribution in [0, 0.1) is 0 Å². The first-order chi connectivity index (χ1) is 16.1. The molecule has 4 rings (SSSR count). The van der Waals surface area contributed by atoms with Gasteiger partial charge in [0.15, 0.2) is 0 Å². The summed E-state index contributed by atoms with van der Waals surface area (Å²) in [6.07, 6.45) is 2.96. The molecular weight excluding hydrogens is 420 g/mol. The number of anilines is 3. The van der Waals surface area contributed by atoms with Gasteiger partial charge in [-0.3, -0.25) is 9.59 Å². The quantitative estimate of drug-likeness (QED) is 0.479. The predicted octanol–water partition coefficient (Wildman–Crippen LogP) is 2.63. The number of nitrogens with two attached hydrogens (primary N) is 1. The number of benzene rings is 2. The van der Waals surface area contributed by atoms with Crippen LogP contribution in [-0.2, 0) is 6.54 Å². The Morgan fingerprint density at radius 2 is 2.03 bits per heavy atom. The van der Waals surface area contributed by atoms with E-state index < -0.39 is 0 Å². The van der Waals surface area contributed by atoms with Gasteiger partial charge in [0, 0.05) is 24.5 Å². The van der Waals surface area contributed by atoms with Gasteiger partial charge in [0.1, 0.15) is 24.3 Å². The molecule has 0 saturated heterocycles. The summed E-state index contributed by atoms with van der Waals surface area (Å²) in [5.74, 6) is -0.459. The zero-order valence-corrected chi connectivity index (χ0v) is 18.0. The zero-order chi connectivity index (χ0) is 23.2. The normalized spacial score (nSPS) is 12.8. The summed E-state index contributed by atoms with van der Waals surface area (Å²) in [5.41, 5.74) is 8.59. The second-order valence-corrected chi connectivity index (χ2v) is 7.31. The lowest BCUT2D eigenvalue weighted by Gasteiger charge is -2.22. The summed E-state index contributed by atoms with van der Waals surface area (Å²) in [6.45, 7) is 5.06. The fourth-order valence-corrected chi connectivity index (χ4v) is 3.51. The Morgan fingerprint density at radius 1 is 1.21 bits per heavy atom. The van der Waals surface area contributed by atoms with Crippen molar-refractivity contribution in [3.63, 3.8) is 0 Å². The molecule has 1 aliphatic heterocycles. The first-order valence-electron chi connectivity index (χ1n) is 10.4. The first-order valence-corrected chi connectivity index (χ1v) is 10.4. The van der Waals surface area contributed by atoms with Crippen molar-refractivity contribution >= 4 is 29.0 Å². The molecule has 9 heteroatoms. The van der Waals surface area contributed by atoms with Crippen LogP contribution in [0.1, 0.15) is 26.3 Å². The summed E-state index contributed by atoms with van der Waals surface area (Å²) in [7, 11) is 0. The van der Waals surface area contributed by atoms with Crippen LogP contribution in [0.5, 0.6) is 5.88 Å². The zero-order valence-electron chi connectivity index (χ0n) is 18.0. The largest absolute Gasteiger partial charge is 0.475 e. The molecule has 0 unspecified atom stereocenters. The maximum atomic E-state index is 13.3. The van der Waals surface area contributed by atoms with E-state index in [-0.39, 0.29) is 42.2 Å². The van der Waals surface area contributed by atoms with E-state index in [2.05, 4.69) is 27.2 Å². The summed E-state index contributed by atoms with van der Waals surface area (Å²) in [4.78, 5) is 35.8. The molecular formula is C24H24N6O3. The Kier molecular flexibility index (Phi) is 6.49. The van der Waals surface area contributed by atoms with Crippen molar-refractivity contribution in [1.82, 2.24) is 15.3 Å². The number of aromatic nitrogens is 2. The van der Waals surface area contributed by atoms with Gasteiger partial charge in [-0.1, -0.05) is 36.4 Å². The second-order valence-electron chi connectivity index (χ2n) is 7.31. The molecule has 33 heavy (non-hydrogen) atoms. The predicted molar refractivity (Wildman–Crippen MR) is 126 cm³/mol. The first kappa shape index (κ1) is 21.8. The molecule has 1 aliphatic rings. The van der Waals surface area contributed by atoms with E-state index in [0.717, 1.165) is 5.56 Å². The number of hydrogen-bond acceptors (Lipinski definition) is 7. The molecule has 168 valence electrons. The standard InChI is InChI=1S/C24H24N6O3/c1-2-10-26-19-9-8-17(13-18(19)22(31)27-14-16-6-4-3-5-7-16)30-11-12-33-23-20(24(30)32)21(25)28-15-29-23/h2-9,13,15,26H,1,10-12,14H2,(H,27,31)(H2,25,28,29). The molecule has 0 fully saturated rings. The molecule has 9 nitrogen and oxygen atoms in total. The van der Waals surface area contributed by atoms with Crippen LogP contribution < -0.4 is 26.0 Å². The van der Waals surface area contributed by atoms with Crippen molar-refractivity contribution in [2.75, 3.05) is 35.6 Å². The van der Waals surface area contributed by atoms with Crippen molar-refractivity contribution in [2.45, 2.75) is 6.54 Å². The minimum Gasteiger partial charge on any atom is -0.475 e. The van der Waals surface area contributed by atoms with Crippen molar-refractivity contribution in [3.05, 3.63) is 84.2 Å². The van der Waals surface area contributed by atoms with Gasteiger partial charge in [-0.2, -0.15) is 0 Å². The Hall–Kier alpha value is -4.40. The maximum Gasteiger partial charge on any atom is 0.267 e. The van der Waals surface area contributed by atoms with Crippen molar-refractivity contribution in [1.29, 1.82) is 0 Å². The molecule has 2 heterocycles. The van der Waals surface area contributed by atoms with Gasteiger partial charge < -0.3 is 26.0 Å². The number of nitrogens with one attached hydrogen (secondary N) is 2. The highest BCUT2D eigenvalue weighted by Gasteiger charge is 2.29. The lowest BCUT2D eigenvalue weighted by atomic mass is 10.1. The van der Waals surface area contributed by atoms with Gasteiger partial charge in [-0.05, 0) is 23.8 Å². The van der Waals surface area contributed by atoms with Crippen LogP contribution in [0.3, 0.4) is 0 Å². The van der Waals surface area contributed by atoms with E-state index >= 15 is 0 Å². The number of nitrogens with zero attached hydrogens (tertiary/aromatic N) is 3. The Bertz CT molecular complexity index is 1180. The number of carbonyl (C=O) groups is 2. The molecule has 0 atom stereocenters. The minimum atomic E-state index is -0.386. The van der Waals surface area contributed by atoms with E-state index in [1.807, 2.05) is 30.3 Å². The molecule has 0 radical (unpaired) electrons. The maximum absolute atomic E-state index is 13.3. The number of fused-ring (bicyclic) bond motifs is 1. The van der Waals surface area contributed by atoms with Crippen molar-refractivity contribution in [2.24, 2.45) is 0 Å². The molecule has 2 amide bonds. The molecule has 1 aromatic heterocycles. The smallest absolute Gasteiger partial charge is 0.267 e. The molecule has 0 bridgehead atoms. The highest BCUT2D eigenvalue weighted by Crippen LogP contribution is 2.30. The molecule has 2 aromatic carbocycles. The highest BCUT2D eigenvalue weighted by molar-refractivity contribution is 6.11. The average Bonchev–Trinajstić information content (AvgIpc) is 3.01. The van der Waals surface area contributed by atoms with E-state index in [1.165, 1.54) is 11.2 Å². The van der Waals surface area contributed by atoms with Crippen LogP contribution in [0.2, 0.25) is 0 Å². The number of carbonyl (C=O) groups excluding carboxylic acids is 2. The number of rotatable bonds is 7. The van der Waals surface area contributed by atoms with Crippen LogP contribution in [-0.4, -0.2) is 41.5 Å². The number of nitrogen functional groups attached to an aromatic ring is 1. The summed E-state index contributed by atoms with van der Waals surface area (Å²) in [6, 6.07) is 14.8. The fourth-order valence-electron chi connectivity index (χ4n) is 3.51. The van der Waals surface area contributed by atoms with E-state index in [0.29, 0.717) is 30.0 Å². The number of amides is 2. The summed E-state index contributed by atoms with van der Waals surface area (Å²) in [5, 5.41) is 6.11. The SMILES string of the molecule is C=CCNc1ccc(N2CCOc3ncnc(N)c3C2=O)cc1C(=O)NCc1ccccc1. The Morgan fingerprint density at radius 3 is 2.82 bits per heavy atom. The third-order valence-electron chi connectivity index (χ3n) is 5.15. The molecule has 0 aliphatic carbocycles. The molecule has 0 saturated carbocycles. The Balaban J connectivity index is 1.65. The highest BCUT2D eigenvalue weighted by atomic mass is 16.5. The summed E-state index contributed by atoms with van der Waals surface area (Å²) >= 11 is 0. The molecule has 3 aromatic rings. The minimum absolute atomic E-state index is 0.0435. The van der Waals surface area contributed by atoms with Crippen LogP contribution in [0.25, 0.3) is 0 Å². The Labute approximate surface area is 191 Å². The van der Waals surface area contributed by atoms with Gasteiger partial charge in [-0.25, -0.2) is 9.97 Å². The van der Waals surface area contributed by atoms with E-state index in [4.69, 9.17) is 10.5 Å². The third-order valence-corrected chi connectivity index (χ3v) is 5.15.